The van der Waals surface area contributed by atoms with Crippen LogP contribution in [0.25, 0.3) is 0 Å². The second kappa shape index (κ2) is 5.95. The van der Waals surface area contributed by atoms with Gasteiger partial charge in [0.15, 0.2) is 0 Å². The van der Waals surface area contributed by atoms with Gasteiger partial charge in [0, 0.05) is 0 Å². The minimum Gasteiger partial charge on any atom is -0.322 e. The fraction of sp³-hybridized carbons (Fsp3) is 0.833. The third-order valence-corrected chi connectivity index (χ3v) is 1.40. The van der Waals surface area contributed by atoms with Crippen LogP contribution in [0.4, 0.5) is 13.2 Å². The molecule has 2 nitrogen and oxygen atoms in total. The van der Waals surface area contributed by atoms with Gasteiger partial charge in [0.05, 0.1) is 0 Å². The first kappa shape index (κ1) is 13.3. The summed E-state index contributed by atoms with van der Waals surface area (Å²) in [5, 5.41) is 2.58. The Morgan fingerprint density at radius 2 is 2.08 bits per heavy atom. The number of ether oxygens (including phenoxy) is 1. The third-order valence-electron chi connectivity index (χ3n) is 1.40. The summed E-state index contributed by atoms with van der Waals surface area (Å²) in [7, 11) is 0. The largest absolute Gasteiger partial charge is 1.00 e. The topological polar surface area (TPSA) is 21.3 Å². The molecule has 1 aliphatic rings. The second-order valence-electron chi connectivity index (χ2n) is 2.33. The van der Waals surface area contributed by atoms with Crippen molar-refractivity contribution < 1.29 is 69.3 Å². The van der Waals surface area contributed by atoms with Gasteiger partial charge in [-0.25, -0.2) is 0 Å². The van der Waals surface area contributed by atoms with E-state index in [1.165, 1.54) is 0 Å². The van der Waals surface area contributed by atoms with E-state index in [2.05, 4.69) is 10.1 Å². The van der Waals surface area contributed by atoms with Gasteiger partial charge in [0.2, 0.25) is 0 Å². The number of alkyl halides is 3. The van der Waals surface area contributed by atoms with Crippen LogP contribution >= 0.6 is 0 Å². The van der Waals surface area contributed by atoms with E-state index in [9.17, 15) is 13.2 Å². The monoisotopic (exact) mass is 207 g/mol. The van der Waals surface area contributed by atoms with Gasteiger partial charge in [-0.2, -0.15) is 6.42 Å². The molecule has 0 aromatic rings. The summed E-state index contributed by atoms with van der Waals surface area (Å²) < 4.78 is 38.5. The number of piperidine rings is 1. The van der Waals surface area contributed by atoms with Crippen molar-refractivity contribution in [2.75, 3.05) is 6.54 Å². The van der Waals surface area contributed by atoms with Crippen LogP contribution in [-0.2, 0) is 4.74 Å². The summed E-state index contributed by atoms with van der Waals surface area (Å²) in [5.74, 6) is 0. The van der Waals surface area contributed by atoms with E-state index in [1.54, 1.807) is 0 Å². The molecule has 1 unspecified atom stereocenters. The van der Waals surface area contributed by atoms with E-state index in [1.807, 2.05) is 6.42 Å². The zero-order valence-electron chi connectivity index (χ0n) is 6.82. The predicted molar refractivity (Wildman–Crippen MR) is 32.5 cm³/mol. The van der Waals surface area contributed by atoms with Gasteiger partial charge in [0.25, 0.3) is 0 Å². The van der Waals surface area contributed by atoms with Crippen LogP contribution in [0.2, 0.25) is 0 Å². The average molecular weight is 207 g/mol. The van der Waals surface area contributed by atoms with Gasteiger partial charge < -0.3 is 11.7 Å². The summed E-state index contributed by atoms with van der Waals surface area (Å²) in [4.78, 5) is 0. The van der Waals surface area contributed by atoms with Crippen molar-refractivity contribution in [2.45, 2.75) is 25.4 Å². The van der Waals surface area contributed by atoms with Crippen LogP contribution in [0.1, 0.15) is 12.8 Å². The van der Waals surface area contributed by atoms with Crippen LogP contribution in [0.15, 0.2) is 0 Å². The van der Waals surface area contributed by atoms with Crippen LogP contribution < -0.4 is 56.7 Å². The first-order valence-electron chi connectivity index (χ1n) is 3.37. The third kappa shape index (κ3) is 5.90. The first-order valence-corrected chi connectivity index (χ1v) is 3.37. The first-order chi connectivity index (χ1) is 5.08. The van der Waals surface area contributed by atoms with E-state index < -0.39 is 12.6 Å². The summed E-state index contributed by atoms with van der Waals surface area (Å²) in [6.45, 7) is 0.487. The standard InChI is InChI=1S/C6H9F3NO.K/c7-6(8,9)11-5-3-1-2-4-10-5;/h2,5,10H,1,3-4H2;/q-1;+1. The molecule has 12 heavy (non-hydrogen) atoms. The summed E-state index contributed by atoms with van der Waals surface area (Å²) in [5.41, 5.74) is 0. The van der Waals surface area contributed by atoms with Gasteiger partial charge in [-0.15, -0.1) is 19.7 Å². The molecule has 0 bridgehead atoms. The Labute approximate surface area is 112 Å². The smallest absolute Gasteiger partial charge is 0.322 e. The Morgan fingerprint density at radius 3 is 2.50 bits per heavy atom. The molecule has 1 heterocycles. The molecule has 0 saturated carbocycles. The molecule has 1 rings (SSSR count). The number of hydrogen-bond donors (Lipinski definition) is 1. The van der Waals surface area contributed by atoms with Crippen LogP contribution in [0, 0.1) is 6.42 Å². The molecule has 0 amide bonds. The summed E-state index contributed by atoms with van der Waals surface area (Å²) in [6, 6.07) is 0. The van der Waals surface area contributed by atoms with Gasteiger partial charge >= 0.3 is 57.7 Å². The molecule has 66 valence electrons. The second-order valence-corrected chi connectivity index (χ2v) is 2.33. The van der Waals surface area contributed by atoms with Crippen molar-refractivity contribution in [3.8, 4) is 0 Å². The van der Waals surface area contributed by atoms with Gasteiger partial charge in [0.1, 0.15) is 6.23 Å². The molecule has 0 aliphatic carbocycles. The van der Waals surface area contributed by atoms with Crippen molar-refractivity contribution >= 4 is 0 Å². The molecule has 1 N–H and O–H groups in total. The van der Waals surface area contributed by atoms with Gasteiger partial charge in [-0.05, 0) is 6.42 Å². The van der Waals surface area contributed by atoms with Crippen LogP contribution in [-0.4, -0.2) is 19.1 Å². The van der Waals surface area contributed by atoms with Crippen molar-refractivity contribution in [1.82, 2.24) is 5.32 Å². The van der Waals surface area contributed by atoms with E-state index in [-0.39, 0.29) is 51.4 Å². The van der Waals surface area contributed by atoms with E-state index in [4.69, 9.17) is 0 Å². The van der Waals surface area contributed by atoms with Crippen molar-refractivity contribution in [1.29, 1.82) is 0 Å². The maximum atomic E-state index is 11.6. The maximum absolute atomic E-state index is 11.6. The Balaban J connectivity index is 0.00000121. The molecular weight excluding hydrogens is 198 g/mol. The predicted octanol–water partition coefficient (Wildman–Crippen LogP) is -1.56. The summed E-state index contributed by atoms with van der Waals surface area (Å²) in [6.07, 6.45) is -2.43. The van der Waals surface area contributed by atoms with E-state index >= 15 is 0 Å². The zero-order valence-corrected chi connectivity index (χ0v) is 9.94. The van der Waals surface area contributed by atoms with Gasteiger partial charge in [-0.3, -0.25) is 4.74 Å². The fourth-order valence-electron chi connectivity index (χ4n) is 0.950. The molecule has 0 radical (unpaired) electrons. The average Bonchev–Trinajstić information content (AvgIpc) is 1.85. The minimum absolute atomic E-state index is 0. The van der Waals surface area contributed by atoms with Crippen molar-refractivity contribution in [2.24, 2.45) is 0 Å². The number of halogens is 3. The fourth-order valence-corrected chi connectivity index (χ4v) is 0.950. The van der Waals surface area contributed by atoms with E-state index in [0.29, 0.717) is 19.4 Å². The van der Waals surface area contributed by atoms with E-state index in [0.717, 1.165) is 0 Å². The Bertz CT molecular complexity index is 124. The molecule has 0 spiro atoms. The number of nitrogens with one attached hydrogen (secondary N) is 1. The Hall–Kier alpha value is 1.35. The Morgan fingerprint density at radius 1 is 1.42 bits per heavy atom. The molecule has 0 aromatic heterocycles. The number of rotatable bonds is 1. The van der Waals surface area contributed by atoms with Crippen molar-refractivity contribution in [3.63, 3.8) is 0 Å². The normalized spacial score (nSPS) is 24.8. The zero-order chi connectivity index (χ0) is 8.32. The molecule has 1 saturated heterocycles. The van der Waals surface area contributed by atoms with Crippen molar-refractivity contribution in [3.05, 3.63) is 6.42 Å². The number of hydrogen-bond acceptors (Lipinski definition) is 2. The molecule has 6 heteroatoms. The Kier molecular flexibility index (Phi) is 6.62. The maximum Gasteiger partial charge on any atom is 1.00 e. The SMILES string of the molecule is FC(F)(F)OC1CC[CH-]CN1.[K+]. The molecular formula is C6H9F3KNO. The molecule has 0 aromatic carbocycles. The van der Waals surface area contributed by atoms with Crippen LogP contribution in [0.3, 0.4) is 0 Å². The molecule has 1 aliphatic heterocycles. The quantitative estimate of drug-likeness (QED) is 0.415. The van der Waals surface area contributed by atoms with Gasteiger partial charge in [-0.1, -0.05) is 0 Å². The summed E-state index contributed by atoms with van der Waals surface area (Å²) >= 11 is 0. The van der Waals surface area contributed by atoms with Crippen LogP contribution in [0.5, 0.6) is 0 Å². The molecule has 1 atom stereocenters. The molecule has 1 fully saturated rings. The minimum atomic E-state index is -4.52.